The van der Waals surface area contributed by atoms with E-state index in [0.717, 1.165) is 5.56 Å². The van der Waals surface area contributed by atoms with E-state index in [1.54, 1.807) is 12.1 Å². The van der Waals surface area contributed by atoms with Crippen LogP contribution in [0.25, 0.3) is 0 Å². The van der Waals surface area contributed by atoms with Gasteiger partial charge < -0.3 is 10.2 Å². The Morgan fingerprint density at radius 1 is 1.35 bits per heavy atom. The van der Waals surface area contributed by atoms with Gasteiger partial charge in [-0.2, -0.15) is 5.10 Å². The van der Waals surface area contributed by atoms with Gasteiger partial charge >= 0.3 is 5.88 Å². The fourth-order valence-electron chi connectivity index (χ4n) is 1.47. The molecule has 0 spiro atoms. The van der Waals surface area contributed by atoms with E-state index in [2.05, 4.69) is 10.2 Å². The summed E-state index contributed by atoms with van der Waals surface area (Å²) in [7, 11) is 0. The largest absolute Gasteiger partial charge is 0.433 e. The van der Waals surface area contributed by atoms with Crippen molar-refractivity contribution in [2.45, 2.75) is 5.75 Å². The monoisotopic (exact) mass is 372 g/mol. The molecule has 0 atom stereocenters. The van der Waals surface area contributed by atoms with Gasteiger partial charge in [0.05, 0.1) is 22.3 Å². The second kappa shape index (κ2) is 8.00. The highest BCUT2D eigenvalue weighted by molar-refractivity contribution is 8.13. The van der Waals surface area contributed by atoms with Crippen molar-refractivity contribution in [2.24, 2.45) is 15.9 Å². The van der Waals surface area contributed by atoms with E-state index in [1.165, 1.54) is 30.1 Å². The first-order chi connectivity index (χ1) is 11.0. The number of amidine groups is 1. The van der Waals surface area contributed by atoms with Gasteiger partial charge in [-0.3, -0.25) is 10.1 Å². The quantitative estimate of drug-likeness (QED) is 0.368. The van der Waals surface area contributed by atoms with E-state index in [-0.39, 0.29) is 16.8 Å². The summed E-state index contributed by atoms with van der Waals surface area (Å²) in [4.78, 5) is 9.82. The summed E-state index contributed by atoms with van der Waals surface area (Å²) in [6.45, 7) is 0. The molecule has 0 aliphatic carbocycles. The van der Waals surface area contributed by atoms with Crippen molar-refractivity contribution in [3.05, 3.63) is 61.8 Å². The normalized spacial score (nSPS) is 12.0. The van der Waals surface area contributed by atoms with E-state index < -0.39 is 4.92 Å². The molecule has 0 aliphatic heterocycles. The average Bonchev–Trinajstić information content (AvgIpc) is 2.97. The highest BCUT2D eigenvalue weighted by Crippen LogP contribution is 2.24. The van der Waals surface area contributed by atoms with Crippen LogP contribution in [0.5, 0.6) is 0 Å². The van der Waals surface area contributed by atoms with E-state index in [9.17, 15) is 10.1 Å². The van der Waals surface area contributed by atoms with Crippen LogP contribution in [0, 0.1) is 10.1 Å². The summed E-state index contributed by atoms with van der Waals surface area (Å²) in [6, 6.07) is 7.92. The lowest BCUT2D eigenvalue weighted by atomic mass is 10.2. The topological polar surface area (TPSA) is 107 Å². The number of nitrogens with two attached hydrogens (primary N) is 1. The maximum Gasteiger partial charge on any atom is 0.433 e. The number of furan rings is 1. The molecule has 7 nitrogen and oxygen atoms in total. The molecular formula is C13H10Cl2N4O3S. The number of hydrogen-bond donors (Lipinski definition) is 1. The first kappa shape index (κ1) is 17.3. The Morgan fingerprint density at radius 3 is 2.78 bits per heavy atom. The molecule has 0 radical (unpaired) electrons. The van der Waals surface area contributed by atoms with Gasteiger partial charge in [0.1, 0.15) is 4.92 Å². The second-order valence-corrected chi connectivity index (χ2v) is 5.96. The van der Waals surface area contributed by atoms with Gasteiger partial charge in [-0.05, 0) is 23.8 Å². The SMILES string of the molecule is N/C(=N\N=C\c1ccc([N+](=O)[O-])o1)SCc1ccc(Cl)c(Cl)c1. The van der Waals surface area contributed by atoms with E-state index in [4.69, 9.17) is 33.4 Å². The Kier molecular flexibility index (Phi) is 6.03. The predicted octanol–water partition coefficient (Wildman–Crippen LogP) is 4.08. The van der Waals surface area contributed by atoms with Gasteiger partial charge in [0.15, 0.2) is 10.9 Å². The molecule has 0 saturated carbocycles. The van der Waals surface area contributed by atoms with Crippen LogP contribution in [-0.2, 0) is 5.75 Å². The van der Waals surface area contributed by atoms with Gasteiger partial charge in [0.2, 0.25) is 0 Å². The molecule has 1 aromatic heterocycles. The number of rotatable bonds is 5. The van der Waals surface area contributed by atoms with Gasteiger partial charge in [-0.15, -0.1) is 5.10 Å². The lowest BCUT2D eigenvalue weighted by Gasteiger charge is -2.02. The number of thioether (sulfide) groups is 1. The molecule has 0 saturated heterocycles. The summed E-state index contributed by atoms with van der Waals surface area (Å²) in [5.41, 5.74) is 6.65. The average molecular weight is 373 g/mol. The number of nitrogens with zero attached hydrogens (tertiary/aromatic N) is 3. The van der Waals surface area contributed by atoms with Gasteiger partial charge in [-0.1, -0.05) is 41.0 Å². The molecule has 2 rings (SSSR count). The fourth-order valence-corrected chi connectivity index (χ4v) is 2.39. The molecular weight excluding hydrogens is 363 g/mol. The highest BCUT2D eigenvalue weighted by atomic mass is 35.5. The van der Waals surface area contributed by atoms with Gasteiger partial charge in [0, 0.05) is 5.75 Å². The van der Waals surface area contributed by atoms with Crippen molar-refractivity contribution in [2.75, 3.05) is 0 Å². The lowest BCUT2D eigenvalue weighted by molar-refractivity contribution is -0.402. The summed E-state index contributed by atoms with van der Waals surface area (Å²) >= 11 is 13.0. The first-order valence-electron chi connectivity index (χ1n) is 6.13. The van der Waals surface area contributed by atoms with Crippen LogP contribution < -0.4 is 5.73 Å². The third kappa shape index (κ3) is 5.27. The third-order valence-electron chi connectivity index (χ3n) is 2.50. The van der Waals surface area contributed by atoms with Crippen LogP contribution in [0.15, 0.2) is 45.0 Å². The number of nitro groups is 1. The second-order valence-electron chi connectivity index (χ2n) is 4.15. The van der Waals surface area contributed by atoms with E-state index in [1.807, 2.05) is 6.07 Å². The minimum absolute atomic E-state index is 0.211. The van der Waals surface area contributed by atoms with Crippen molar-refractivity contribution in [3.63, 3.8) is 0 Å². The minimum Gasteiger partial charge on any atom is -0.400 e. The van der Waals surface area contributed by atoms with Crippen molar-refractivity contribution >= 4 is 52.2 Å². The molecule has 1 aromatic carbocycles. The van der Waals surface area contributed by atoms with E-state index >= 15 is 0 Å². The molecule has 120 valence electrons. The summed E-state index contributed by atoms with van der Waals surface area (Å²) in [5, 5.41) is 19.1. The van der Waals surface area contributed by atoms with Crippen LogP contribution in [0.4, 0.5) is 5.88 Å². The first-order valence-corrected chi connectivity index (χ1v) is 7.87. The zero-order valence-electron chi connectivity index (χ0n) is 11.5. The van der Waals surface area contributed by atoms with Crippen molar-refractivity contribution in [3.8, 4) is 0 Å². The third-order valence-corrected chi connectivity index (χ3v) is 4.10. The zero-order valence-corrected chi connectivity index (χ0v) is 13.8. The Bertz CT molecular complexity index is 776. The van der Waals surface area contributed by atoms with Crippen molar-refractivity contribution in [1.82, 2.24) is 0 Å². The molecule has 0 fully saturated rings. The smallest absolute Gasteiger partial charge is 0.400 e. The standard InChI is InChI=1S/C13H10Cl2N4O3S/c14-10-3-1-8(5-11(10)15)7-23-13(16)18-17-6-9-2-4-12(22-9)19(20)21/h1-6H,7H2,(H2,16,18)/b17-6+. The lowest BCUT2D eigenvalue weighted by Crippen LogP contribution is -2.06. The van der Waals surface area contributed by atoms with Crippen LogP contribution in [0.2, 0.25) is 10.0 Å². The van der Waals surface area contributed by atoms with Crippen molar-refractivity contribution in [1.29, 1.82) is 0 Å². The minimum atomic E-state index is -0.637. The summed E-state index contributed by atoms with van der Waals surface area (Å²) in [5.74, 6) is 0.397. The van der Waals surface area contributed by atoms with Crippen LogP contribution in [0.1, 0.15) is 11.3 Å². The predicted molar refractivity (Wildman–Crippen MR) is 92.3 cm³/mol. The van der Waals surface area contributed by atoms with Gasteiger partial charge in [-0.25, -0.2) is 0 Å². The molecule has 0 bridgehead atoms. The molecule has 0 unspecified atom stereocenters. The van der Waals surface area contributed by atoms with E-state index in [0.29, 0.717) is 15.8 Å². The summed E-state index contributed by atoms with van der Waals surface area (Å²) in [6.07, 6.45) is 1.24. The number of hydrogen-bond acceptors (Lipinski definition) is 6. The number of benzene rings is 1. The molecule has 2 N–H and O–H groups in total. The number of halogens is 2. The molecule has 0 amide bonds. The Labute approximate surface area is 145 Å². The molecule has 23 heavy (non-hydrogen) atoms. The van der Waals surface area contributed by atoms with Crippen LogP contribution in [-0.4, -0.2) is 16.3 Å². The summed E-state index contributed by atoms with van der Waals surface area (Å²) < 4.78 is 4.89. The Balaban J connectivity index is 1.90. The fraction of sp³-hybridized carbons (Fsp3) is 0.0769. The molecule has 2 aromatic rings. The maximum atomic E-state index is 10.5. The van der Waals surface area contributed by atoms with Crippen molar-refractivity contribution < 1.29 is 9.34 Å². The Morgan fingerprint density at radius 2 is 2.13 bits per heavy atom. The highest BCUT2D eigenvalue weighted by Gasteiger charge is 2.10. The zero-order chi connectivity index (χ0) is 16.8. The maximum absolute atomic E-state index is 10.5. The molecule has 0 aliphatic rings. The Hall–Kier alpha value is -2.03. The van der Waals surface area contributed by atoms with Crippen LogP contribution in [0.3, 0.4) is 0 Å². The molecule has 1 heterocycles. The van der Waals surface area contributed by atoms with Gasteiger partial charge in [0.25, 0.3) is 0 Å². The van der Waals surface area contributed by atoms with Crippen LogP contribution >= 0.6 is 35.0 Å². The molecule has 10 heteroatoms.